The van der Waals surface area contributed by atoms with Crippen LogP contribution in [0.3, 0.4) is 0 Å². The number of halogens is 4. The number of rotatable bonds is 4. The van der Waals surface area contributed by atoms with Crippen LogP contribution in [0.15, 0.2) is 66.7 Å². The van der Waals surface area contributed by atoms with Crippen LogP contribution in [0.25, 0.3) is 0 Å². The molecule has 0 unspecified atom stereocenters. The number of hydrogen-bond acceptors (Lipinski definition) is 0. The molecule has 0 aliphatic heterocycles. The van der Waals surface area contributed by atoms with Gasteiger partial charge >= 0.3 is 156 Å². The predicted molar refractivity (Wildman–Crippen MR) is 78.8 cm³/mol. The van der Waals surface area contributed by atoms with E-state index in [9.17, 15) is 8.78 Å². The fraction of sp³-hybridized carbons (Fsp3) is 0.0526. The summed E-state index contributed by atoms with van der Waals surface area (Å²) in [6.45, 7) is 2.06. The van der Waals surface area contributed by atoms with E-state index in [1.807, 2.05) is 12.1 Å². The van der Waals surface area contributed by atoms with Gasteiger partial charge in [-0.2, -0.15) is 0 Å². The van der Waals surface area contributed by atoms with E-state index in [-0.39, 0.29) is 32.8 Å². The van der Waals surface area contributed by atoms with Crippen LogP contribution in [0.4, 0.5) is 8.78 Å². The zero-order chi connectivity index (χ0) is 16.2. The van der Waals surface area contributed by atoms with Gasteiger partial charge in [0.2, 0.25) is 0 Å². The molecule has 0 radical (unpaired) electrons. The summed E-state index contributed by atoms with van der Waals surface area (Å²) in [7, 11) is 0. The van der Waals surface area contributed by atoms with Crippen LogP contribution in [0.5, 0.6) is 0 Å². The molecule has 0 aliphatic rings. The first kappa shape index (κ1) is 16.8. The van der Waals surface area contributed by atoms with E-state index in [0.717, 1.165) is 3.57 Å². The summed E-state index contributed by atoms with van der Waals surface area (Å²) in [5.74, 6) is -0.443. The molecule has 0 amide bonds. The molecule has 3 rings (SSSR count). The Morgan fingerprint density at radius 2 is 1.30 bits per heavy atom. The molecule has 23 heavy (non-hydrogen) atoms. The van der Waals surface area contributed by atoms with Crippen LogP contribution in [-0.4, -0.2) is 0 Å². The van der Waals surface area contributed by atoms with Crippen LogP contribution in [0, 0.1) is 32.8 Å². The van der Waals surface area contributed by atoms with Crippen molar-refractivity contribution in [2.24, 2.45) is 0 Å². The van der Waals surface area contributed by atoms with E-state index in [4.69, 9.17) is 0 Å². The third-order valence-electron chi connectivity index (χ3n) is 3.14. The molecule has 0 saturated carbocycles. The van der Waals surface area contributed by atoms with Crippen LogP contribution >= 0.6 is 0 Å². The molecule has 3 aromatic carbocycles. The molecule has 0 bridgehead atoms. The number of aryl methyl sites for hydroxylation is 1. The minimum atomic E-state index is -0.830. The first-order chi connectivity index (χ1) is 11.1. The Kier molecular flexibility index (Phi) is 5.63. The van der Waals surface area contributed by atoms with Gasteiger partial charge in [-0.05, 0) is 0 Å². The maximum atomic E-state index is 14.4. The van der Waals surface area contributed by atoms with Crippen molar-refractivity contribution in [1.29, 1.82) is 0 Å². The quantitative estimate of drug-likeness (QED) is 0.284. The van der Waals surface area contributed by atoms with Gasteiger partial charge in [-0.1, -0.05) is 0 Å². The SMILES string of the molecule is Cc1ccc([I-]c2ccc([I-]c3ccccc3F)c(F)c2)cc1. The fourth-order valence-electron chi connectivity index (χ4n) is 1.95. The van der Waals surface area contributed by atoms with Crippen molar-refractivity contribution in [2.75, 3.05) is 0 Å². The van der Waals surface area contributed by atoms with Crippen molar-refractivity contribution >= 4 is 0 Å². The second kappa shape index (κ2) is 7.70. The van der Waals surface area contributed by atoms with Crippen LogP contribution in [-0.2, 0) is 0 Å². The molecular formula is C19H14F2I2-2. The third-order valence-corrected chi connectivity index (χ3v) is 8.69. The average molecular weight is 534 g/mol. The molecule has 0 aliphatic carbocycles. The van der Waals surface area contributed by atoms with Crippen LogP contribution in [0.2, 0.25) is 0 Å². The number of hydrogen-bond donors (Lipinski definition) is 0. The van der Waals surface area contributed by atoms with E-state index in [2.05, 4.69) is 31.2 Å². The molecular weight excluding hydrogens is 520 g/mol. The van der Waals surface area contributed by atoms with Crippen LogP contribution < -0.4 is 42.4 Å². The predicted octanol–water partition coefficient (Wildman–Crippen LogP) is -1.47. The summed E-state index contributed by atoms with van der Waals surface area (Å²) >= 11 is -1.21. The standard InChI is InChI=1S/C19H14F2I2/c1-13-6-8-14(9-7-13)22-15-10-11-19(17(21)12-15)23-18-5-3-2-4-16(18)20/h2-12H,1H3/q-2. The first-order valence-electron chi connectivity index (χ1n) is 7.02. The molecule has 4 heteroatoms. The third kappa shape index (κ3) is 4.50. The topological polar surface area (TPSA) is 0 Å². The van der Waals surface area contributed by atoms with E-state index >= 15 is 0 Å². The molecule has 0 atom stereocenters. The first-order valence-corrected chi connectivity index (χ1v) is 11.3. The summed E-state index contributed by atoms with van der Waals surface area (Å²) in [4.78, 5) is 0. The van der Waals surface area contributed by atoms with E-state index < -0.39 is 21.2 Å². The second-order valence-corrected chi connectivity index (χ2v) is 10.9. The molecule has 0 N–H and O–H groups in total. The molecule has 0 saturated heterocycles. The summed E-state index contributed by atoms with van der Waals surface area (Å²) in [6, 6.07) is 20.5. The van der Waals surface area contributed by atoms with Crippen molar-refractivity contribution in [3.05, 3.63) is 98.2 Å². The van der Waals surface area contributed by atoms with Gasteiger partial charge in [-0.25, -0.2) is 0 Å². The zero-order valence-electron chi connectivity index (χ0n) is 12.4. The van der Waals surface area contributed by atoms with Crippen molar-refractivity contribution < 1.29 is 51.2 Å². The Morgan fingerprint density at radius 1 is 0.652 bits per heavy atom. The average Bonchev–Trinajstić information content (AvgIpc) is 2.54. The van der Waals surface area contributed by atoms with E-state index in [0.29, 0.717) is 7.14 Å². The maximum absolute atomic E-state index is 14.4. The summed E-state index contributed by atoms with van der Waals surface area (Å²) in [5, 5.41) is 0. The van der Waals surface area contributed by atoms with E-state index in [1.54, 1.807) is 24.3 Å². The van der Waals surface area contributed by atoms with Gasteiger partial charge in [0.1, 0.15) is 0 Å². The van der Waals surface area contributed by atoms with E-state index in [1.165, 1.54) is 15.2 Å². The summed E-state index contributed by atoms with van der Waals surface area (Å²) < 4.78 is 31.7. The van der Waals surface area contributed by atoms with Gasteiger partial charge in [0.05, 0.1) is 0 Å². The van der Waals surface area contributed by atoms with Crippen molar-refractivity contribution in [1.82, 2.24) is 0 Å². The normalized spacial score (nSPS) is 11.1. The Labute approximate surface area is 155 Å². The Balaban J connectivity index is 1.78. The van der Waals surface area contributed by atoms with Gasteiger partial charge in [0.15, 0.2) is 0 Å². The summed E-state index contributed by atoms with van der Waals surface area (Å²) in [6.07, 6.45) is 0. The Bertz CT molecular complexity index is 814. The van der Waals surface area contributed by atoms with Crippen molar-refractivity contribution in [3.8, 4) is 0 Å². The minimum absolute atomic E-state index is 0.203. The zero-order valence-corrected chi connectivity index (χ0v) is 16.7. The number of benzene rings is 3. The summed E-state index contributed by atoms with van der Waals surface area (Å²) in [5.41, 5.74) is 1.23. The van der Waals surface area contributed by atoms with Gasteiger partial charge in [-0.3, -0.25) is 0 Å². The molecule has 0 aromatic heterocycles. The monoisotopic (exact) mass is 534 g/mol. The molecule has 0 fully saturated rings. The fourth-order valence-corrected chi connectivity index (χ4v) is 6.40. The second-order valence-electron chi connectivity index (χ2n) is 4.96. The molecule has 120 valence electrons. The van der Waals surface area contributed by atoms with Gasteiger partial charge in [0, 0.05) is 0 Å². The molecule has 0 nitrogen and oxygen atoms in total. The van der Waals surface area contributed by atoms with Crippen molar-refractivity contribution in [3.63, 3.8) is 0 Å². The van der Waals surface area contributed by atoms with Gasteiger partial charge in [0.25, 0.3) is 0 Å². The van der Waals surface area contributed by atoms with Crippen LogP contribution in [0.1, 0.15) is 5.56 Å². The molecule has 3 aromatic rings. The van der Waals surface area contributed by atoms with Gasteiger partial charge in [-0.15, -0.1) is 0 Å². The van der Waals surface area contributed by atoms with Crippen molar-refractivity contribution in [2.45, 2.75) is 6.92 Å². The Morgan fingerprint density at radius 3 is 2.00 bits per heavy atom. The Hall–Kier alpha value is -1.02. The molecule has 0 spiro atoms. The van der Waals surface area contributed by atoms with Gasteiger partial charge < -0.3 is 0 Å². The molecule has 0 heterocycles.